The van der Waals surface area contributed by atoms with Crippen molar-refractivity contribution in [3.05, 3.63) is 34.4 Å². The first kappa shape index (κ1) is 5.66. The molecule has 0 unspecified atom stereocenters. The van der Waals surface area contributed by atoms with Crippen LogP contribution in [0.5, 0.6) is 0 Å². The Morgan fingerprint density at radius 2 is 1.50 bits per heavy atom. The van der Waals surface area contributed by atoms with Crippen molar-refractivity contribution in [1.29, 1.82) is 0 Å². The first-order valence-electron chi connectivity index (χ1n) is 3.36. The van der Waals surface area contributed by atoms with Gasteiger partial charge in [0.05, 0.1) is 0 Å². The van der Waals surface area contributed by atoms with E-state index < -0.39 is 0 Å². The fourth-order valence-electron chi connectivity index (χ4n) is 1.41. The molecule has 2 aliphatic rings. The van der Waals surface area contributed by atoms with Gasteiger partial charge in [0.2, 0.25) is 0 Å². The zero-order valence-electron chi connectivity index (χ0n) is 6.06. The maximum absolute atomic E-state index is 11.1. The van der Waals surface area contributed by atoms with Gasteiger partial charge in [0.15, 0.2) is 5.78 Å². The first-order chi connectivity index (χ1) is 4.70. The largest absolute Gasteiger partial charge is 0.289 e. The Morgan fingerprint density at radius 3 is 1.80 bits per heavy atom. The fraction of sp³-hybridized carbons (Fsp3) is 0.222. The molecule has 1 aromatic carbocycles. The number of rotatable bonds is 0. The van der Waals surface area contributed by atoms with E-state index in [2.05, 4.69) is 6.07 Å². The molecule has 0 aliphatic heterocycles. The molecule has 1 aromatic rings. The van der Waals surface area contributed by atoms with Gasteiger partial charge in [0.1, 0.15) is 0 Å². The Hall–Kier alpha value is -1.11. The molecule has 1 nitrogen and oxygen atoms in total. The molecule has 10 heavy (non-hydrogen) atoms. The summed E-state index contributed by atoms with van der Waals surface area (Å²) in [5.74, 6) is 0.234. The smallest absolute Gasteiger partial charge is 0.193 e. The number of carbonyl (C=O) groups excluding carboxylic acids is 1. The van der Waals surface area contributed by atoms with E-state index in [0.717, 1.165) is 22.3 Å². The third-order valence-electron chi connectivity index (χ3n) is 2.06. The second-order valence-corrected chi connectivity index (χ2v) is 2.81. The highest BCUT2D eigenvalue weighted by Gasteiger charge is 2.24. The maximum atomic E-state index is 11.1. The lowest BCUT2D eigenvalue weighted by Crippen LogP contribution is -2.16. The monoisotopic (exact) mass is 132 g/mol. The second-order valence-electron chi connectivity index (χ2n) is 2.81. The minimum Gasteiger partial charge on any atom is -0.289 e. The van der Waals surface area contributed by atoms with Gasteiger partial charge in [-0.2, -0.15) is 0 Å². The Morgan fingerprint density at radius 1 is 1.00 bits per heavy atom. The van der Waals surface area contributed by atoms with Crippen LogP contribution in [-0.2, 0) is 0 Å². The lowest BCUT2D eigenvalue weighted by molar-refractivity contribution is 0.102. The molecule has 0 fully saturated rings. The molecule has 0 spiro atoms. The van der Waals surface area contributed by atoms with Crippen LogP contribution in [0.2, 0.25) is 0 Å². The van der Waals surface area contributed by atoms with Crippen LogP contribution in [0.25, 0.3) is 0 Å². The van der Waals surface area contributed by atoms with Gasteiger partial charge >= 0.3 is 0 Å². The molecule has 0 saturated carbocycles. The van der Waals surface area contributed by atoms with Gasteiger partial charge < -0.3 is 0 Å². The average Bonchev–Trinajstić information content (AvgIpc) is 1.83. The molecule has 0 aromatic heterocycles. The quantitative estimate of drug-likeness (QED) is 0.534. The summed E-state index contributed by atoms with van der Waals surface area (Å²) < 4.78 is 0. The van der Waals surface area contributed by atoms with E-state index in [4.69, 9.17) is 0 Å². The predicted octanol–water partition coefficient (Wildman–Crippen LogP) is 1.85. The molecular formula is C9H8O. The van der Waals surface area contributed by atoms with Crippen molar-refractivity contribution in [3.63, 3.8) is 0 Å². The first-order valence-corrected chi connectivity index (χ1v) is 3.36. The van der Waals surface area contributed by atoms with Gasteiger partial charge in [-0.05, 0) is 31.0 Å². The van der Waals surface area contributed by atoms with Crippen LogP contribution < -0.4 is 0 Å². The van der Waals surface area contributed by atoms with E-state index >= 15 is 0 Å². The number of fused-ring (bicyclic) bond motifs is 2. The minimum absolute atomic E-state index is 0.234. The van der Waals surface area contributed by atoms with Crippen LogP contribution in [-0.4, -0.2) is 5.78 Å². The maximum Gasteiger partial charge on any atom is 0.193 e. The molecule has 0 N–H and O–H groups in total. The molecule has 50 valence electrons. The van der Waals surface area contributed by atoms with Gasteiger partial charge in [0, 0.05) is 11.1 Å². The van der Waals surface area contributed by atoms with Gasteiger partial charge in [-0.25, -0.2) is 0 Å². The Labute approximate surface area is 59.7 Å². The predicted molar refractivity (Wildman–Crippen MR) is 39.3 cm³/mol. The van der Waals surface area contributed by atoms with Crippen molar-refractivity contribution in [2.75, 3.05) is 0 Å². The van der Waals surface area contributed by atoms with Crippen LogP contribution in [0.4, 0.5) is 0 Å². The SMILES string of the molecule is Cc1cc(C)c2cc1C2=O. The summed E-state index contributed by atoms with van der Waals surface area (Å²) >= 11 is 0. The summed E-state index contributed by atoms with van der Waals surface area (Å²) in [6.45, 7) is 3.95. The van der Waals surface area contributed by atoms with Crippen LogP contribution in [0, 0.1) is 13.8 Å². The zero-order chi connectivity index (χ0) is 7.30. The van der Waals surface area contributed by atoms with Crippen molar-refractivity contribution in [1.82, 2.24) is 0 Å². The highest BCUT2D eigenvalue weighted by atomic mass is 16.1. The van der Waals surface area contributed by atoms with Crippen LogP contribution >= 0.6 is 0 Å². The van der Waals surface area contributed by atoms with Gasteiger partial charge in [-0.15, -0.1) is 0 Å². The van der Waals surface area contributed by atoms with Crippen LogP contribution in [0.15, 0.2) is 12.1 Å². The normalized spacial score (nSPS) is 13.2. The number of carbonyl (C=O) groups is 1. The van der Waals surface area contributed by atoms with E-state index in [1.54, 1.807) is 0 Å². The average molecular weight is 132 g/mol. The van der Waals surface area contributed by atoms with Gasteiger partial charge in [-0.1, -0.05) is 6.07 Å². The summed E-state index contributed by atoms with van der Waals surface area (Å²) in [6, 6.07) is 4.03. The van der Waals surface area contributed by atoms with Crippen molar-refractivity contribution >= 4 is 5.78 Å². The van der Waals surface area contributed by atoms with E-state index in [1.807, 2.05) is 19.9 Å². The number of aryl methyl sites for hydroxylation is 2. The highest BCUT2D eigenvalue weighted by molar-refractivity contribution is 6.18. The van der Waals surface area contributed by atoms with Gasteiger partial charge in [-0.3, -0.25) is 4.79 Å². The summed E-state index contributed by atoms with van der Waals surface area (Å²) in [5, 5.41) is 0. The summed E-state index contributed by atoms with van der Waals surface area (Å²) in [7, 11) is 0. The summed E-state index contributed by atoms with van der Waals surface area (Å²) in [6.07, 6.45) is 0. The molecular weight excluding hydrogens is 124 g/mol. The summed E-state index contributed by atoms with van der Waals surface area (Å²) in [5.41, 5.74) is 4.02. The van der Waals surface area contributed by atoms with Crippen LogP contribution in [0.3, 0.4) is 0 Å². The minimum atomic E-state index is 0.234. The lowest BCUT2D eigenvalue weighted by atomic mass is 9.84. The number of hydrogen-bond donors (Lipinski definition) is 0. The highest BCUT2D eigenvalue weighted by Crippen LogP contribution is 2.27. The number of benzene rings is 1. The van der Waals surface area contributed by atoms with Crippen molar-refractivity contribution in [2.45, 2.75) is 13.8 Å². The van der Waals surface area contributed by atoms with E-state index in [-0.39, 0.29) is 5.78 Å². The molecule has 2 aliphatic carbocycles. The molecule has 0 heterocycles. The standard InChI is InChI=1S/C9H8O/c1-5-3-6(2)8-4-7(5)9(8)10/h3-4H,1-2H3. The Bertz CT molecular complexity index is 296. The number of ketones is 1. The Balaban J connectivity index is 2.79. The van der Waals surface area contributed by atoms with Gasteiger partial charge in [0.25, 0.3) is 0 Å². The molecule has 1 heteroatoms. The number of hydrogen-bond acceptors (Lipinski definition) is 1. The Kier molecular flexibility index (Phi) is 0.839. The third kappa shape index (κ3) is 0.456. The second kappa shape index (κ2) is 1.48. The molecule has 0 saturated heterocycles. The van der Waals surface area contributed by atoms with E-state index in [1.165, 1.54) is 0 Å². The molecule has 0 atom stereocenters. The lowest BCUT2D eigenvalue weighted by Gasteiger charge is -2.18. The molecule has 0 radical (unpaired) electrons. The van der Waals surface area contributed by atoms with Crippen molar-refractivity contribution in [2.24, 2.45) is 0 Å². The van der Waals surface area contributed by atoms with E-state index in [9.17, 15) is 4.79 Å². The van der Waals surface area contributed by atoms with Crippen molar-refractivity contribution < 1.29 is 4.79 Å². The van der Waals surface area contributed by atoms with Crippen molar-refractivity contribution in [3.8, 4) is 0 Å². The summed E-state index contributed by atoms with van der Waals surface area (Å²) in [4.78, 5) is 11.1. The third-order valence-corrected chi connectivity index (χ3v) is 2.06. The fourth-order valence-corrected chi connectivity index (χ4v) is 1.41. The molecule has 0 amide bonds. The van der Waals surface area contributed by atoms with E-state index in [0.29, 0.717) is 0 Å². The molecule has 2 bridgehead atoms. The van der Waals surface area contributed by atoms with Crippen LogP contribution in [0.1, 0.15) is 27.0 Å². The zero-order valence-corrected chi connectivity index (χ0v) is 6.06. The molecule has 3 rings (SSSR count). The topological polar surface area (TPSA) is 17.1 Å².